The maximum atomic E-state index is 12.3. The molecule has 1 aromatic heterocycles. The second-order valence-corrected chi connectivity index (χ2v) is 7.77. The van der Waals surface area contributed by atoms with Crippen LogP contribution >= 0.6 is 11.3 Å². The molecule has 0 fully saturated rings. The van der Waals surface area contributed by atoms with Crippen LogP contribution < -0.4 is 0 Å². The first kappa shape index (κ1) is 15.7. The van der Waals surface area contributed by atoms with Crippen molar-refractivity contribution in [2.45, 2.75) is 24.7 Å². The third kappa shape index (κ3) is 3.71. The van der Waals surface area contributed by atoms with Crippen LogP contribution in [0.2, 0.25) is 0 Å². The van der Waals surface area contributed by atoms with Crippen LogP contribution in [-0.4, -0.2) is 25.2 Å². The Morgan fingerprint density at radius 3 is 2.62 bits per heavy atom. The molecule has 1 heterocycles. The third-order valence-electron chi connectivity index (χ3n) is 3.25. The van der Waals surface area contributed by atoms with Crippen molar-refractivity contribution in [1.29, 1.82) is 0 Å². The molecule has 112 valence electrons. The number of benzene rings is 1. The van der Waals surface area contributed by atoms with Crippen molar-refractivity contribution >= 4 is 27.1 Å². The molecule has 0 unspecified atom stereocenters. The van der Waals surface area contributed by atoms with Crippen LogP contribution in [0.25, 0.3) is 0 Å². The van der Waals surface area contributed by atoms with Gasteiger partial charge in [-0.25, -0.2) is 13.2 Å². The Balaban J connectivity index is 2.27. The predicted octanol–water partition coefficient (Wildman–Crippen LogP) is 3.03. The first-order chi connectivity index (χ1) is 9.94. The van der Waals surface area contributed by atoms with Crippen molar-refractivity contribution < 1.29 is 18.3 Å². The highest BCUT2D eigenvalue weighted by Crippen LogP contribution is 2.20. The maximum Gasteiger partial charge on any atom is 0.336 e. The fourth-order valence-electron chi connectivity index (χ4n) is 2.06. The molecule has 4 nitrogen and oxygen atoms in total. The van der Waals surface area contributed by atoms with E-state index >= 15 is 0 Å². The Kier molecular flexibility index (Phi) is 4.80. The Morgan fingerprint density at radius 1 is 1.29 bits per heavy atom. The zero-order valence-corrected chi connectivity index (χ0v) is 13.2. The summed E-state index contributed by atoms with van der Waals surface area (Å²) >= 11 is 1.51. The van der Waals surface area contributed by atoms with E-state index in [1.807, 2.05) is 24.4 Å². The minimum Gasteiger partial charge on any atom is -0.478 e. The summed E-state index contributed by atoms with van der Waals surface area (Å²) in [5, 5.41) is 11.1. The highest BCUT2D eigenvalue weighted by Gasteiger charge is 2.18. The van der Waals surface area contributed by atoms with Gasteiger partial charge in [0.1, 0.15) is 0 Å². The molecule has 0 spiro atoms. The maximum absolute atomic E-state index is 12.3. The lowest BCUT2D eigenvalue weighted by Crippen LogP contribution is -2.11. The topological polar surface area (TPSA) is 71.4 Å². The summed E-state index contributed by atoms with van der Waals surface area (Å²) in [4.78, 5) is 12.3. The van der Waals surface area contributed by atoms with Gasteiger partial charge in [-0.1, -0.05) is 19.1 Å². The highest BCUT2D eigenvalue weighted by atomic mass is 32.2. The number of carboxylic acids is 1. The quantitative estimate of drug-likeness (QED) is 0.886. The molecule has 0 bridgehead atoms. The van der Waals surface area contributed by atoms with Gasteiger partial charge < -0.3 is 5.11 Å². The van der Waals surface area contributed by atoms with E-state index in [0.717, 1.165) is 4.88 Å². The standard InChI is InChI=1S/C15H16O4S2/c1-2-11-5-6-13(10-14(11)15(16)17)21(18,19)9-7-12-4-3-8-20-12/h3-6,8,10H,2,7,9H2,1H3,(H,16,17). The van der Waals surface area contributed by atoms with E-state index in [9.17, 15) is 18.3 Å². The van der Waals surface area contributed by atoms with E-state index < -0.39 is 15.8 Å². The fourth-order valence-corrected chi connectivity index (χ4v) is 4.20. The lowest BCUT2D eigenvalue weighted by molar-refractivity contribution is 0.0695. The molecule has 21 heavy (non-hydrogen) atoms. The molecule has 1 N–H and O–H groups in total. The van der Waals surface area contributed by atoms with Crippen molar-refractivity contribution in [2.75, 3.05) is 5.75 Å². The molecule has 0 aliphatic rings. The molecule has 0 aliphatic heterocycles. The number of carboxylic acid groups (broad SMARTS) is 1. The molecule has 6 heteroatoms. The Hall–Kier alpha value is -1.66. The number of aromatic carboxylic acids is 1. The number of aryl methyl sites for hydroxylation is 2. The summed E-state index contributed by atoms with van der Waals surface area (Å²) in [7, 11) is -3.47. The molecule has 2 aromatic rings. The van der Waals surface area contributed by atoms with Crippen molar-refractivity contribution in [1.82, 2.24) is 0 Å². The van der Waals surface area contributed by atoms with Gasteiger partial charge in [0.2, 0.25) is 0 Å². The molecule has 2 rings (SSSR count). The number of carbonyl (C=O) groups is 1. The van der Waals surface area contributed by atoms with E-state index in [0.29, 0.717) is 18.4 Å². The van der Waals surface area contributed by atoms with Gasteiger partial charge in [0.25, 0.3) is 0 Å². The molecule has 0 amide bonds. The zero-order valence-electron chi connectivity index (χ0n) is 11.6. The number of hydrogen-bond acceptors (Lipinski definition) is 4. The normalized spacial score (nSPS) is 11.5. The van der Waals surface area contributed by atoms with Gasteiger partial charge in [-0.2, -0.15) is 0 Å². The molecule has 0 saturated heterocycles. The van der Waals surface area contributed by atoms with Crippen LogP contribution in [0.15, 0.2) is 40.6 Å². The van der Waals surface area contributed by atoms with E-state index in [1.54, 1.807) is 6.07 Å². The molecule has 0 aliphatic carbocycles. The summed E-state index contributed by atoms with van der Waals surface area (Å²) in [5.74, 6) is -1.11. The van der Waals surface area contributed by atoms with Crippen LogP contribution in [-0.2, 0) is 22.7 Å². The van der Waals surface area contributed by atoms with Crippen LogP contribution in [0.3, 0.4) is 0 Å². The number of sulfone groups is 1. The van der Waals surface area contributed by atoms with Gasteiger partial charge >= 0.3 is 5.97 Å². The van der Waals surface area contributed by atoms with Gasteiger partial charge in [0.15, 0.2) is 9.84 Å². The summed E-state index contributed by atoms with van der Waals surface area (Å²) < 4.78 is 24.6. The third-order valence-corrected chi connectivity index (χ3v) is 5.90. The smallest absolute Gasteiger partial charge is 0.336 e. The zero-order chi connectivity index (χ0) is 15.5. The van der Waals surface area contributed by atoms with Gasteiger partial charge in [-0.05, 0) is 42.0 Å². The number of hydrogen-bond donors (Lipinski definition) is 1. The van der Waals surface area contributed by atoms with E-state index in [2.05, 4.69) is 0 Å². The average Bonchev–Trinajstić information content (AvgIpc) is 2.97. The van der Waals surface area contributed by atoms with Gasteiger partial charge in [-0.15, -0.1) is 11.3 Å². The van der Waals surface area contributed by atoms with Crippen LogP contribution in [0, 0.1) is 0 Å². The second kappa shape index (κ2) is 6.41. The lowest BCUT2D eigenvalue weighted by Gasteiger charge is -2.08. The van der Waals surface area contributed by atoms with E-state index in [1.165, 1.54) is 23.5 Å². The molecule has 1 aromatic carbocycles. The summed E-state index contributed by atoms with van der Waals surface area (Å²) in [6.07, 6.45) is 0.995. The fraction of sp³-hybridized carbons (Fsp3) is 0.267. The Bertz CT molecular complexity index is 731. The van der Waals surface area contributed by atoms with Crippen LogP contribution in [0.1, 0.15) is 27.7 Å². The SMILES string of the molecule is CCc1ccc(S(=O)(=O)CCc2cccs2)cc1C(=O)O. The number of rotatable bonds is 6. The van der Waals surface area contributed by atoms with Crippen molar-refractivity contribution in [3.05, 3.63) is 51.7 Å². The first-order valence-corrected chi connectivity index (χ1v) is 9.08. The van der Waals surface area contributed by atoms with Crippen molar-refractivity contribution in [3.8, 4) is 0 Å². The van der Waals surface area contributed by atoms with Crippen LogP contribution in [0.4, 0.5) is 0 Å². The highest BCUT2D eigenvalue weighted by molar-refractivity contribution is 7.91. The second-order valence-electron chi connectivity index (χ2n) is 4.63. The molecule has 0 saturated carbocycles. The molecular weight excluding hydrogens is 308 g/mol. The Morgan fingerprint density at radius 2 is 2.05 bits per heavy atom. The van der Waals surface area contributed by atoms with Crippen molar-refractivity contribution in [3.63, 3.8) is 0 Å². The Labute approximate surface area is 128 Å². The van der Waals surface area contributed by atoms with Crippen LogP contribution in [0.5, 0.6) is 0 Å². The summed E-state index contributed by atoms with van der Waals surface area (Å²) in [6.45, 7) is 1.84. The van der Waals surface area contributed by atoms with E-state index in [-0.39, 0.29) is 16.2 Å². The molecule has 0 radical (unpaired) electrons. The largest absolute Gasteiger partial charge is 0.478 e. The predicted molar refractivity (Wildman–Crippen MR) is 82.9 cm³/mol. The van der Waals surface area contributed by atoms with Gasteiger partial charge in [-0.3, -0.25) is 0 Å². The lowest BCUT2D eigenvalue weighted by atomic mass is 10.1. The van der Waals surface area contributed by atoms with Gasteiger partial charge in [0.05, 0.1) is 16.2 Å². The molecule has 0 atom stereocenters. The minimum atomic E-state index is -3.47. The monoisotopic (exact) mass is 324 g/mol. The van der Waals surface area contributed by atoms with Crippen molar-refractivity contribution in [2.24, 2.45) is 0 Å². The average molecular weight is 324 g/mol. The summed E-state index contributed by atoms with van der Waals surface area (Å²) in [6, 6.07) is 8.12. The van der Waals surface area contributed by atoms with Gasteiger partial charge in [0, 0.05) is 4.88 Å². The minimum absolute atomic E-state index is 0.0158. The molecular formula is C15H16O4S2. The first-order valence-electron chi connectivity index (χ1n) is 6.55. The number of thiophene rings is 1. The summed E-state index contributed by atoms with van der Waals surface area (Å²) in [5.41, 5.74) is 0.703. The van der Waals surface area contributed by atoms with E-state index in [4.69, 9.17) is 0 Å².